The molecule has 0 fully saturated rings. The number of aryl methyl sites for hydroxylation is 1. The molecule has 0 spiro atoms. The lowest BCUT2D eigenvalue weighted by atomic mass is 9.98. The van der Waals surface area contributed by atoms with Gasteiger partial charge >= 0.3 is 0 Å². The lowest BCUT2D eigenvalue weighted by Crippen LogP contribution is -2.30. The zero-order chi connectivity index (χ0) is 11.4. The SMILES string of the molecule is CCCN1CCCc2ccc(CCN)cc21. The van der Waals surface area contributed by atoms with E-state index in [1.807, 2.05) is 0 Å². The highest BCUT2D eigenvalue weighted by Gasteiger charge is 2.15. The van der Waals surface area contributed by atoms with Crippen molar-refractivity contribution in [3.63, 3.8) is 0 Å². The van der Waals surface area contributed by atoms with Crippen LogP contribution in [0.2, 0.25) is 0 Å². The number of fused-ring (bicyclic) bond motifs is 1. The molecule has 88 valence electrons. The molecule has 2 heteroatoms. The second-order valence-corrected chi connectivity index (χ2v) is 4.59. The van der Waals surface area contributed by atoms with Crippen LogP contribution in [-0.2, 0) is 12.8 Å². The normalized spacial score (nSPS) is 15.0. The average Bonchev–Trinajstić information content (AvgIpc) is 2.31. The first-order chi connectivity index (χ1) is 7.85. The van der Waals surface area contributed by atoms with Crippen molar-refractivity contribution in [3.8, 4) is 0 Å². The summed E-state index contributed by atoms with van der Waals surface area (Å²) in [5.74, 6) is 0. The minimum atomic E-state index is 0.743. The molecule has 16 heavy (non-hydrogen) atoms. The van der Waals surface area contributed by atoms with E-state index in [1.54, 1.807) is 0 Å². The van der Waals surface area contributed by atoms with Gasteiger partial charge in [-0.1, -0.05) is 19.1 Å². The first-order valence-corrected chi connectivity index (χ1v) is 6.42. The van der Waals surface area contributed by atoms with Gasteiger partial charge in [0.15, 0.2) is 0 Å². The summed E-state index contributed by atoms with van der Waals surface area (Å²) in [6.07, 6.45) is 4.75. The number of anilines is 1. The summed E-state index contributed by atoms with van der Waals surface area (Å²) in [6.45, 7) is 5.39. The van der Waals surface area contributed by atoms with Crippen LogP contribution >= 0.6 is 0 Å². The Morgan fingerprint density at radius 3 is 3.00 bits per heavy atom. The van der Waals surface area contributed by atoms with Crippen LogP contribution in [0.4, 0.5) is 5.69 Å². The molecule has 1 aliphatic rings. The predicted molar refractivity (Wildman–Crippen MR) is 70.0 cm³/mol. The molecule has 2 nitrogen and oxygen atoms in total. The molecule has 0 aliphatic carbocycles. The average molecular weight is 218 g/mol. The zero-order valence-electron chi connectivity index (χ0n) is 10.2. The fraction of sp³-hybridized carbons (Fsp3) is 0.571. The van der Waals surface area contributed by atoms with E-state index in [9.17, 15) is 0 Å². The van der Waals surface area contributed by atoms with Crippen molar-refractivity contribution in [2.24, 2.45) is 5.73 Å². The Labute approximate surface area is 98.4 Å². The number of benzene rings is 1. The third kappa shape index (κ3) is 2.38. The van der Waals surface area contributed by atoms with Crippen LogP contribution in [0.25, 0.3) is 0 Å². The van der Waals surface area contributed by atoms with Crippen LogP contribution < -0.4 is 10.6 Å². The highest BCUT2D eigenvalue weighted by atomic mass is 15.1. The molecule has 1 heterocycles. The van der Waals surface area contributed by atoms with Gasteiger partial charge in [-0.2, -0.15) is 0 Å². The van der Waals surface area contributed by atoms with Crippen LogP contribution in [0.5, 0.6) is 0 Å². The first-order valence-electron chi connectivity index (χ1n) is 6.42. The van der Waals surface area contributed by atoms with E-state index in [2.05, 4.69) is 30.0 Å². The molecule has 0 unspecified atom stereocenters. The quantitative estimate of drug-likeness (QED) is 0.840. The smallest absolute Gasteiger partial charge is 0.0401 e. The fourth-order valence-corrected chi connectivity index (χ4v) is 2.52. The van der Waals surface area contributed by atoms with Crippen LogP contribution in [0.1, 0.15) is 30.9 Å². The lowest BCUT2D eigenvalue weighted by molar-refractivity contribution is 0.680. The number of hydrogen-bond donors (Lipinski definition) is 1. The molecule has 0 saturated carbocycles. The van der Waals surface area contributed by atoms with Gasteiger partial charge in [0, 0.05) is 18.8 Å². The maximum absolute atomic E-state index is 5.62. The highest BCUT2D eigenvalue weighted by molar-refractivity contribution is 5.57. The van der Waals surface area contributed by atoms with Crippen molar-refractivity contribution in [2.75, 3.05) is 24.5 Å². The predicted octanol–water partition coefficient (Wildman–Crippen LogP) is 2.35. The third-order valence-corrected chi connectivity index (χ3v) is 3.29. The molecule has 0 aromatic heterocycles. The Hall–Kier alpha value is -1.02. The summed E-state index contributed by atoms with van der Waals surface area (Å²) in [5.41, 5.74) is 9.97. The van der Waals surface area contributed by atoms with E-state index in [1.165, 1.54) is 49.2 Å². The van der Waals surface area contributed by atoms with Crippen molar-refractivity contribution in [2.45, 2.75) is 32.6 Å². The monoisotopic (exact) mass is 218 g/mol. The first kappa shape index (κ1) is 11.5. The van der Waals surface area contributed by atoms with E-state index >= 15 is 0 Å². The van der Waals surface area contributed by atoms with Gasteiger partial charge in [0.05, 0.1) is 0 Å². The van der Waals surface area contributed by atoms with E-state index in [0.717, 1.165) is 13.0 Å². The van der Waals surface area contributed by atoms with Crippen molar-refractivity contribution in [1.29, 1.82) is 0 Å². The Morgan fingerprint density at radius 1 is 1.38 bits per heavy atom. The van der Waals surface area contributed by atoms with Gasteiger partial charge < -0.3 is 10.6 Å². The maximum Gasteiger partial charge on any atom is 0.0401 e. The molecular weight excluding hydrogens is 196 g/mol. The standard InChI is InChI=1S/C14H22N2/c1-2-9-16-10-3-4-13-6-5-12(7-8-15)11-14(13)16/h5-6,11H,2-4,7-10,15H2,1H3. The van der Waals surface area contributed by atoms with Gasteiger partial charge in [-0.3, -0.25) is 0 Å². The number of nitrogens with two attached hydrogens (primary N) is 1. The highest BCUT2D eigenvalue weighted by Crippen LogP contribution is 2.28. The van der Waals surface area contributed by atoms with E-state index in [0.29, 0.717) is 0 Å². The van der Waals surface area contributed by atoms with Gasteiger partial charge in [0.1, 0.15) is 0 Å². The molecule has 0 bridgehead atoms. The molecule has 1 aliphatic heterocycles. The van der Waals surface area contributed by atoms with E-state index < -0.39 is 0 Å². The summed E-state index contributed by atoms with van der Waals surface area (Å²) in [5, 5.41) is 0. The number of nitrogens with zero attached hydrogens (tertiary/aromatic N) is 1. The molecule has 2 rings (SSSR count). The summed E-state index contributed by atoms with van der Waals surface area (Å²) in [7, 11) is 0. The van der Waals surface area contributed by atoms with Gasteiger partial charge in [0.2, 0.25) is 0 Å². The van der Waals surface area contributed by atoms with Crippen LogP contribution in [0.3, 0.4) is 0 Å². The second-order valence-electron chi connectivity index (χ2n) is 4.59. The molecule has 0 radical (unpaired) electrons. The van der Waals surface area contributed by atoms with Crippen LogP contribution in [0.15, 0.2) is 18.2 Å². The summed E-state index contributed by atoms with van der Waals surface area (Å²) >= 11 is 0. The van der Waals surface area contributed by atoms with E-state index in [4.69, 9.17) is 5.73 Å². The van der Waals surface area contributed by atoms with Crippen molar-refractivity contribution < 1.29 is 0 Å². The fourth-order valence-electron chi connectivity index (χ4n) is 2.52. The Balaban J connectivity index is 2.25. The summed E-state index contributed by atoms with van der Waals surface area (Å²) < 4.78 is 0. The molecule has 1 aromatic carbocycles. The summed E-state index contributed by atoms with van der Waals surface area (Å²) in [6, 6.07) is 6.88. The molecule has 0 atom stereocenters. The van der Waals surface area contributed by atoms with Crippen molar-refractivity contribution in [1.82, 2.24) is 0 Å². The summed E-state index contributed by atoms with van der Waals surface area (Å²) in [4.78, 5) is 2.53. The van der Waals surface area contributed by atoms with E-state index in [-0.39, 0.29) is 0 Å². The second kappa shape index (κ2) is 5.35. The largest absolute Gasteiger partial charge is 0.371 e. The molecular formula is C14H22N2. The number of hydrogen-bond acceptors (Lipinski definition) is 2. The van der Waals surface area contributed by atoms with Crippen molar-refractivity contribution in [3.05, 3.63) is 29.3 Å². The van der Waals surface area contributed by atoms with Gasteiger partial charge in [-0.15, -0.1) is 0 Å². The topological polar surface area (TPSA) is 29.3 Å². The van der Waals surface area contributed by atoms with Gasteiger partial charge in [0.25, 0.3) is 0 Å². The van der Waals surface area contributed by atoms with Crippen molar-refractivity contribution >= 4 is 5.69 Å². The minimum absolute atomic E-state index is 0.743. The molecule has 1 aromatic rings. The number of rotatable bonds is 4. The minimum Gasteiger partial charge on any atom is -0.371 e. The zero-order valence-corrected chi connectivity index (χ0v) is 10.2. The van der Waals surface area contributed by atoms with Crippen LogP contribution in [0, 0.1) is 0 Å². The Morgan fingerprint density at radius 2 is 2.25 bits per heavy atom. The molecule has 2 N–H and O–H groups in total. The van der Waals surface area contributed by atoms with Gasteiger partial charge in [-0.05, 0) is 49.4 Å². The molecule has 0 amide bonds. The third-order valence-electron chi connectivity index (χ3n) is 3.29. The van der Waals surface area contributed by atoms with Gasteiger partial charge in [-0.25, -0.2) is 0 Å². The molecule has 0 saturated heterocycles. The van der Waals surface area contributed by atoms with Crippen LogP contribution in [-0.4, -0.2) is 19.6 Å². The Kier molecular flexibility index (Phi) is 3.83. The maximum atomic E-state index is 5.62. The lowest BCUT2D eigenvalue weighted by Gasteiger charge is -2.31. The Bertz CT molecular complexity index is 347.